The van der Waals surface area contributed by atoms with Crippen LogP contribution in [0, 0.1) is 11.3 Å². The first-order valence-electron chi connectivity index (χ1n) is 4.72. The number of hydrogen-bond acceptors (Lipinski definition) is 2. The molecule has 0 heterocycles. The Balaban J connectivity index is 2.16. The van der Waals surface area contributed by atoms with E-state index >= 15 is 0 Å². The smallest absolute Gasteiger partial charge is 0.143 e. The van der Waals surface area contributed by atoms with Crippen LogP contribution >= 0.6 is 0 Å². The highest BCUT2D eigenvalue weighted by molar-refractivity contribution is 5.77. The molecule has 1 rings (SSSR count). The molecule has 70 valence electrons. The van der Waals surface area contributed by atoms with Crippen molar-refractivity contribution < 1.29 is 4.79 Å². The number of carbonyl (C=O) groups excluding carboxylic acids is 1. The molecule has 1 aliphatic rings. The van der Waals surface area contributed by atoms with Gasteiger partial charge in [0.1, 0.15) is 5.78 Å². The summed E-state index contributed by atoms with van der Waals surface area (Å²) >= 11 is 0. The number of rotatable bonds is 5. The number of hydrogen-bond donors (Lipinski definition) is 1. The highest BCUT2D eigenvalue weighted by Crippen LogP contribution is 2.44. The molecule has 2 nitrogen and oxygen atoms in total. The molecule has 0 aliphatic heterocycles. The maximum absolute atomic E-state index is 10.7. The van der Waals surface area contributed by atoms with Crippen LogP contribution in [0.5, 0.6) is 0 Å². The minimum atomic E-state index is 0.224. The van der Waals surface area contributed by atoms with E-state index in [1.54, 1.807) is 6.92 Å². The Kier molecular flexibility index (Phi) is 2.89. The lowest BCUT2D eigenvalue weighted by atomic mass is 9.87. The summed E-state index contributed by atoms with van der Waals surface area (Å²) in [6.45, 7) is 7.67. The van der Waals surface area contributed by atoms with E-state index < -0.39 is 0 Å². The molecule has 0 aromatic carbocycles. The van der Waals surface area contributed by atoms with E-state index in [4.69, 9.17) is 0 Å². The molecule has 1 aliphatic carbocycles. The van der Waals surface area contributed by atoms with E-state index in [0.29, 0.717) is 12.0 Å². The molecular weight excluding hydrogens is 150 g/mol. The van der Waals surface area contributed by atoms with Gasteiger partial charge in [-0.2, -0.15) is 0 Å². The molecule has 0 bridgehead atoms. The molecule has 0 aromatic rings. The van der Waals surface area contributed by atoms with Gasteiger partial charge < -0.3 is 5.32 Å². The maximum Gasteiger partial charge on any atom is 0.143 e. The van der Waals surface area contributed by atoms with Gasteiger partial charge in [-0.25, -0.2) is 0 Å². The van der Waals surface area contributed by atoms with Crippen molar-refractivity contribution in [2.24, 2.45) is 11.3 Å². The lowest BCUT2D eigenvalue weighted by molar-refractivity contribution is -0.116. The van der Waals surface area contributed by atoms with Crippen molar-refractivity contribution in [1.82, 2.24) is 5.32 Å². The average Bonchev–Trinajstić information content (AvgIpc) is 2.65. The minimum absolute atomic E-state index is 0.224. The molecule has 0 saturated heterocycles. The molecule has 0 spiro atoms. The summed E-state index contributed by atoms with van der Waals surface area (Å²) in [7, 11) is 0. The van der Waals surface area contributed by atoms with Crippen LogP contribution < -0.4 is 5.32 Å². The van der Waals surface area contributed by atoms with E-state index in [0.717, 1.165) is 12.5 Å². The number of carbonyl (C=O) groups is 1. The van der Waals surface area contributed by atoms with Gasteiger partial charge in [0.25, 0.3) is 0 Å². The Morgan fingerprint density at radius 2 is 2.08 bits per heavy atom. The normalized spacial score (nSPS) is 17.9. The van der Waals surface area contributed by atoms with Gasteiger partial charge >= 0.3 is 0 Å². The quantitative estimate of drug-likeness (QED) is 0.677. The Hall–Kier alpha value is -0.370. The average molecular weight is 169 g/mol. The Morgan fingerprint density at radius 3 is 2.50 bits per heavy atom. The lowest BCUT2D eigenvalue weighted by Gasteiger charge is -2.24. The van der Waals surface area contributed by atoms with E-state index in [2.05, 4.69) is 19.2 Å². The maximum atomic E-state index is 10.7. The van der Waals surface area contributed by atoms with Crippen molar-refractivity contribution in [3.05, 3.63) is 0 Å². The van der Waals surface area contributed by atoms with E-state index in [1.165, 1.54) is 12.8 Å². The van der Waals surface area contributed by atoms with Gasteiger partial charge in [0.2, 0.25) is 0 Å². The fraction of sp³-hybridized carbons (Fsp3) is 0.900. The molecule has 1 fully saturated rings. The zero-order valence-electron chi connectivity index (χ0n) is 8.31. The van der Waals surface area contributed by atoms with Crippen LogP contribution in [0.1, 0.15) is 33.6 Å². The van der Waals surface area contributed by atoms with E-state index in [9.17, 15) is 4.79 Å². The van der Waals surface area contributed by atoms with Gasteiger partial charge in [-0.15, -0.1) is 0 Å². The van der Waals surface area contributed by atoms with Gasteiger partial charge in [0.05, 0.1) is 6.54 Å². The van der Waals surface area contributed by atoms with Crippen molar-refractivity contribution in [1.29, 1.82) is 0 Å². The zero-order valence-corrected chi connectivity index (χ0v) is 8.31. The summed E-state index contributed by atoms with van der Waals surface area (Å²) in [6.07, 6.45) is 2.74. The van der Waals surface area contributed by atoms with Crippen LogP contribution in [-0.2, 0) is 4.79 Å². The van der Waals surface area contributed by atoms with Gasteiger partial charge in [-0.3, -0.25) is 4.79 Å². The Bertz CT molecular complexity index is 171. The number of Topliss-reactive ketones (excluding diaryl/α,β-unsaturated/α-hetero) is 1. The van der Waals surface area contributed by atoms with Crippen molar-refractivity contribution in [3.63, 3.8) is 0 Å². The van der Waals surface area contributed by atoms with Crippen LogP contribution in [-0.4, -0.2) is 18.9 Å². The summed E-state index contributed by atoms with van der Waals surface area (Å²) < 4.78 is 0. The SMILES string of the molecule is CC(=O)CNCC(C)(C)C1CC1. The summed E-state index contributed by atoms with van der Waals surface area (Å²) in [5, 5.41) is 3.20. The number of ketones is 1. The first-order valence-corrected chi connectivity index (χ1v) is 4.72. The largest absolute Gasteiger partial charge is 0.309 e. The third-order valence-electron chi connectivity index (χ3n) is 2.64. The van der Waals surface area contributed by atoms with Crippen LogP contribution in [0.4, 0.5) is 0 Å². The van der Waals surface area contributed by atoms with Crippen LogP contribution in [0.3, 0.4) is 0 Å². The summed E-state index contributed by atoms with van der Waals surface area (Å²) in [4.78, 5) is 10.7. The first-order chi connectivity index (χ1) is 5.52. The first kappa shape index (κ1) is 9.72. The predicted molar refractivity (Wildman–Crippen MR) is 50.1 cm³/mol. The van der Waals surface area contributed by atoms with Crippen LogP contribution in [0.25, 0.3) is 0 Å². The summed E-state index contributed by atoms with van der Waals surface area (Å²) in [5.41, 5.74) is 0.384. The highest BCUT2D eigenvalue weighted by atomic mass is 16.1. The van der Waals surface area contributed by atoms with Crippen molar-refractivity contribution >= 4 is 5.78 Å². The molecule has 0 amide bonds. The van der Waals surface area contributed by atoms with E-state index in [1.807, 2.05) is 0 Å². The molecule has 0 atom stereocenters. The van der Waals surface area contributed by atoms with Gasteiger partial charge in [-0.1, -0.05) is 13.8 Å². The topological polar surface area (TPSA) is 29.1 Å². The predicted octanol–water partition coefficient (Wildman–Crippen LogP) is 1.60. The monoisotopic (exact) mass is 169 g/mol. The van der Waals surface area contributed by atoms with Crippen LogP contribution in [0.15, 0.2) is 0 Å². The summed E-state index contributed by atoms with van der Waals surface area (Å²) in [6, 6.07) is 0. The van der Waals surface area contributed by atoms with Gasteiger partial charge in [0, 0.05) is 6.54 Å². The second-order valence-electron chi connectivity index (χ2n) is 4.57. The standard InChI is InChI=1S/C10H19NO/c1-8(12)6-11-7-10(2,3)9-4-5-9/h9,11H,4-7H2,1-3H3. The molecule has 0 aromatic heterocycles. The third kappa shape index (κ3) is 2.94. The Morgan fingerprint density at radius 1 is 1.50 bits per heavy atom. The second kappa shape index (κ2) is 3.56. The fourth-order valence-corrected chi connectivity index (χ4v) is 1.57. The molecule has 0 unspecified atom stereocenters. The fourth-order valence-electron chi connectivity index (χ4n) is 1.57. The van der Waals surface area contributed by atoms with E-state index in [-0.39, 0.29) is 5.78 Å². The highest BCUT2D eigenvalue weighted by Gasteiger charge is 2.37. The summed E-state index contributed by atoms with van der Waals surface area (Å²) in [5.74, 6) is 1.11. The molecular formula is C10H19NO. The molecule has 0 radical (unpaired) electrons. The van der Waals surface area contributed by atoms with Gasteiger partial charge in [0.15, 0.2) is 0 Å². The molecule has 1 N–H and O–H groups in total. The van der Waals surface area contributed by atoms with Crippen molar-refractivity contribution in [2.75, 3.05) is 13.1 Å². The van der Waals surface area contributed by atoms with Gasteiger partial charge in [-0.05, 0) is 31.1 Å². The molecule has 12 heavy (non-hydrogen) atoms. The zero-order chi connectivity index (χ0) is 9.19. The molecule has 2 heteroatoms. The van der Waals surface area contributed by atoms with Crippen molar-refractivity contribution in [2.45, 2.75) is 33.6 Å². The lowest BCUT2D eigenvalue weighted by Crippen LogP contribution is -2.33. The van der Waals surface area contributed by atoms with Crippen molar-refractivity contribution in [3.8, 4) is 0 Å². The molecule has 1 saturated carbocycles. The number of nitrogens with one attached hydrogen (secondary N) is 1. The van der Waals surface area contributed by atoms with Crippen LogP contribution in [0.2, 0.25) is 0 Å². The second-order valence-corrected chi connectivity index (χ2v) is 4.57. The Labute approximate surface area is 74.7 Å². The third-order valence-corrected chi connectivity index (χ3v) is 2.64. The minimum Gasteiger partial charge on any atom is -0.309 e.